The van der Waals surface area contributed by atoms with Gasteiger partial charge in [-0.1, -0.05) is 34.8 Å². The molecule has 3 nitrogen and oxygen atoms in total. The van der Waals surface area contributed by atoms with Gasteiger partial charge >= 0.3 is 0 Å². The van der Waals surface area contributed by atoms with Crippen LogP contribution >= 0.6 is 34.8 Å². The number of ketones is 2. The van der Waals surface area contributed by atoms with Crippen LogP contribution in [-0.2, 0) is 6.42 Å². The highest BCUT2D eigenvalue weighted by atomic mass is 35.6. The molecule has 0 saturated carbocycles. The summed E-state index contributed by atoms with van der Waals surface area (Å²) < 4.78 is -1.99. The number of aromatic nitrogens is 1. The number of alkyl halides is 3. The molecule has 0 atom stereocenters. The van der Waals surface area contributed by atoms with Crippen molar-refractivity contribution in [1.29, 1.82) is 0 Å². The van der Waals surface area contributed by atoms with Gasteiger partial charge in [-0.2, -0.15) is 0 Å². The number of fused-ring (bicyclic) bond motifs is 1. The van der Waals surface area contributed by atoms with Crippen LogP contribution in [0.25, 0.3) is 0 Å². The molecule has 0 aliphatic heterocycles. The van der Waals surface area contributed by atoms with E-state index >= 15 is 0 Å². The van der Waals surface area contributed by atoms with E-state index in [-0.39, 0.29) is 11.5 Å². The minimum absolute atomic E-state index is 0.0286. The van der Waals surface area contributed by atoms with E-state index in [1.807, 2.05) is 0 Å². The molecule has 1 aromatic rings. The maximum atomic E-state index is 11.7. The lowest BCUT2D eigenvalue weighted by molar-refractivity contribution is 0.0971. The van der Waals surface area contributed by atoms with Gasteiger partial charge in [-0.05, 0) is 18.9 Å². The van der Waals surface area contributed by atoms with Gasteiger partial charge in [0.25, 0.3) is 3.79 Å². The van der Waals surface area contributed by atoms with E-state index in [9.17, 15) is 9.59 Å². The van der Waals surface area contributed by atoms with Crippen LogP contribution in [0, 0.1) is 0 Å². The van der Waals surface area contributed by atoms with Crippen molar-refractivity contribution in [2.24, 2.45) is 0 Å². The van der Waals surface area contributed by atoms with E-state index in [0.29, 0.717) is 12.0 Å². The smallest absolute Gasteiger partial charge is 0.254 e. The van der Waals surface area contributed by atoms with Crippen molar-refractivity contribution in [3.63, 3.8) is 0 Å². The summed E-state index contributed by atoms with van der Waals surface area (Å²) >= 11 is 16.5. The molecule has 0 bridgehead atoms. The Labute approximate surface area is 107 Å². The van der Waals surface area contributed by atoms with Crippen LogP contribution in [0.4, 0.5) is 0 Å². The van der Waals surface area contributed by atoms with E-state index in [4.69, 9.17) is 34.8 Å². The highest BCUT2D eigenvalue weighted by molar-refractivity contribution is 6.77. The minimum Gasteiger partial charge on any atom is -0.355 e. The number of aromatic amines is 1. The van der Waals surface area contributed by atoms with Gasteiger partial charge in [0.15, 0.2) is 5.78 Å². The van der Waals surface area contributed by atoms with Gasteiger partial charge in [0.2, 0.25) is 5.78 Å². The number of aryl methyl sites for hydroxylation is 1. The van der Waals surface area contributed by atoms with E-state index in [1.54, 1.807) is 0 Å². The molecule has 1 aliphatic rings. The van der Waals surface area contributed by atoms with Gasteiger partial charge in [-0.25, -0.2) is 0 Å². The number of carbonyl (C=O) groups is 2. The van der Waals surface area contributed by atoms with Gasteiger partial charge in [0.05, 0.1) is 5.69 Å². The normalized spacial score (nSPS) is 16.1. The molecular weight excluding hydrogens is 272 g/mol. The predicted octanol–water partition coefficient (Wildman–Crippen LogP) is 3.09. The SMILES string of the molecule is O=C1CCCc2[nH]c(C(=O)C(Cl)(Cl)Cl)cc21. The summed E-state index contributed by atoms with van der Waals surface area (Å²) in [7, 11) is 0. The van der Waals surface area contributed by atoms with Gasteiger partial charge < -0.3 is 4.98 Å². The Bertz CT molecular complexity index is 459. The van der Waals surface area contributed by atoms with Crippen molar-refractivity contribution in [3.05, 3.63) is 23.0 Å². The molecule has 1 N–H and O–H groups in total. The first-order chi connectivity index (χ1) is 7.39. The van der Waals surface area contributed by atoms with Crippen LogP contribution in [0.3, 0.4) is 0 Å². The molecule has 1 heterocycles. The second kappa shape index (κ2) is 4.06. The molecule has 6 heteroatoms. The molecule has 0 radical (unpaired) electrons. The first-order valence-corrected chi connectivity index (χ1v) is 5.89. The average molecular weight is 281 g/mol. The van der Waals surface area contributed by atoms with Gasteiger partial charge in [0, 0.05) is 17.7 Å². The second-order valence-corrected chi connectivity index (χ2v) is 5.96. The number of rotatable bonds is 1. The quantitative estimate of drug-likeness (QED) is 0.635. The maximum absolute atomic E-state index is 11.7. The van der Waals surface area contributed by atoms with Crippen molar-refractivity contribution in [2.75, 3.05) is 0 Å². The molecule has 0 fully saturated rings. The number of Topliss-reactive ketones (excluding diaryl/α,β-unsaturated/α-hetero) is 2. The van der Waals surface area contributed by atoms with Gasteiger partial charge in [-0.3, -0.25) is 9.59 Å². The Hall–Kier alpha value is -0.510. The largest absolute Gasteiger partial charge is 0.355 e. The molecule has 1 aromatic heterocycles. The monoisotopic (exact) mass is 279 g/mol. The van der Waals surface area contributed by atoms with Crippen LogP contribution in [0.5, 0.6) is 0 Å². The van der Waals surface area contributed by atoms with Crippen LogP contribution in [0.1, 0.15) is 39.4 Å². The summed E-state index contributed by atoms with van der Waals surface area (Å²) in [6, 6.07) is 1.47. The summed E-state index contributed by atoms with van der Waals surface area (Å²) in [5, 5.41) is 0. The van der Waals surface area contributed by atoms with E-state index in [0.717, 1.165) is 18.5 Å². The Morgan fingerprint density at radius 3 is 2.56 bits per heavy atom. The molecule has 0 saturated heterocycles. The lowest BCUT2D eigenvalue weighted by Crippen LogP contribution is -2.19. The first-order valence-electron chi connectivity index (χ1n) is 4.76. The summed E-state index contributed by atoms with van der Waals surface area (Å²) in [5.74, 6) is -0.611. The fourth-order valence-electron chi connectivity index (χ4n) is 1.78. The molecule has 0 amide bonds. The Morgan fingerprint density at radius 2 is 2.00 bits per heavy atom. The van der Waals surface area contributed by atoms with E-state index in [1.165, 1.54) is 6.07 Å². The predicted molar refractivity (Wildman–Crippen MR) is 62.7 cm³/mol. The number of H-pyrrole nitrogens is 1. The standard InChI is InChI=1S/C10H8Cl3NO2/c11-10(12,13)9(16)7-4-5-6(14-7)2-1-3-8(5)15/h4,14H,1-3H2. The summed E-state index contributed by atoms with van der Waals surface area (Å²) in [5.41, 5.74) is 1.48. The van der Waals surface area contributed by atoms with E-state index in [2.05, 4.69) is 4.98 Å². The maximum Gasteiger partial charge on any atom is 0.254 e. The molecule has 2 rings (SSSR count). The second-order valence-electron chi connectivity index (χ2n) is 3.68. The van der Waals surface area contributed by atoms with Crippen LogP contribution in [-0.4, -0.2) is 20.3 Å². The topological polar surface area (TPSA) is 49.9 Å². The highest BCUT2D eigenvalue weighted by Crippen LogP contribution is 2.31. The summed E-state index contributed by atoms with van der Waals surface area (Å²) in [4.78, 5) is 26.0. The first kappa shape index (κ1) is 12.0. The molecule has 86 valence electrons. The van der Waals surface area contributed by atoms with Gasteiger partial charge in [0.1, 0.15) is 0 Å². The number of hydrogen-bond donors (Lipinski definition) is 1. The van der Waals surface area contributed by atoms with Crippen molar-refractivity contribution >= 4 is 46.4 Å². The zero-order valence-electron chi connectivity index (χ0n) is 8.15. The van der Waals surface area contributed by atoms with Crippen LogP contribution < -0.4 is 0 Å². The summed E-state index contributed by atoms with van der Waals surface area (Å²) in [6.45, 7) is 0. The average Bonchev–Trinajstić information content (AvgIpc) is 2.60. The lowest BCUT2D eigenvalue weighted by Gasteiger charge is -2.08. The van der Waals surface area contributed by atoms with Crippen LogP contribution in [0.15, 0.2) is 6.07 Å². The van der Waals surface area contributed by atoms with Crippen molar-refractivity contribution in [3.8, 4) is 0 Å². The van der Waals surface area contributed by atoms with Crippen LogP contribution in [0.2, 0.25) is 0 Å². The zero-order valence-corrected chi connectivity index (χ0v) is 10.4. The Kier molecular flexibility index (Phi) is 3.03. The zero-order chi connectivity index (χ0) is 11.9. The highest BCUT2D eigenvalue weighted by Gasteiger charge is 2.34. The third-order valence-electron chi connectivity index (χ3n) is 2.53. The molecule has 0 spiro atoms. The number of nitrogens with one attached hydrogen (secondary N) is 1. The molecule has 0 unspecified atom stereocenters. The fourth-order valence-corrected chi connectivity index (χ4v) is 2.08. The Balaban J connectivity index is 2.39. The van der Waals surface area contributed by atoms with E-state index < -0.39 is 9.58 Å². The summed E-state index contributed by atoms with van der Waals surface area (Å²) in [6.07, 6.45) is 2.04. The third kappa shape index (κ3) is 2.12. The number of carbonyl (C=O) groups excluding carboxylic acids is 2. The number of hydrogen-bond acceptors (Lipinski definition) is 2. The van der Waals surface area contributed by atoms with Gasteiger partial charge in [-0.15, -0.1) is 0 Å². The Morgan fingerprint density at radius 1 is 1.31 bits per heavy atom. The van der Waals surface area contributed by atoms with Crippen molar-refractivity contribution in [1.82, 2.24) is 4.98 Å². The number of halogens is 3. The van der Waals surface area contributed by atoms with Crippen molar-refractivity contribution < 1.29 is 9.59 Å². The molecular formula is C10H8Cl3NO2. The third-order valence-corrected chi connectivity index (χ3v) is 3.05. The molecule has 16 heavy (non-hydrogen) atoms. The molecule has 1 aliphatic carbocycles. The molecule has 0 aromatic carbocycles. The lowest BCUT2D eigenvalue weighted by atomic mass is 9.97. The minimum atomic E-state index is -1.99. The fraction of sp³-hybridized carbons (Fsp3) is 0.400. The van der Waals surface area contributed by atoms with Crippen molar-refractivity contribution in [2.45, 2.75) is 23.1 Å².